The Morgan fingerprint density at radius 2 is 1.62 bits per heavy atom. The molecule has 2 heterocycles. The minimum atomic E-state index is -0.675. The van der Waals surface area contributed by atoms with Gasteiger partial charge in [-0.25, -0.2) is 0 Å². The van der Waals surface area contributed by atoms with E-state index in [1.807, 2.05) is 49.4 Å². The number of carbonyl (C=O) groups is 2. The Balaban J connectivity index is 1.86. The Morgan fingerprint density at radius 3 is 2.28 bits per heavy atom. The summed E-state index contributed by atoms with van der Waals surface area (Å²) in [6.07, 6.45) is 3.30. The zero-order valence-corrected chi connectivity index (χ0v) is 15.9. The second kappa shape index (κ2) is 7.72. The molecule has 3 aromatic rings. The van der Waals surface area contributed by atoms with E-state index in [2.05, 4.69) is 4.98 Å². The fourth-order valence-electron chi connectivity index (χ4n) is 3.57. The van der Waals surface area contributed by atoms with Gasteiger partial charge in [0.2, 0.25) is 0 Å². The Labute approximate surface area is 169 Å². The Morgan fingerprint density at radius 1 is 0.966 bits per heavy atom. The van der Waals surface area contributed by atoms with E-state index in [-0.39, 0.29) is 17.9 Å². The summed E-state index contributed by atoms with van der Waals surface area (Å²) in [5.41, 5.74) is 3.33. The molecule has 29 heavy (non-hydrogen) atoms. The van der Waals surface area contributed by atoms with E-state index in [9.17, 15) is 14.7 Å². The summed E-state index contributed by atoms with van der Waals surface area (Å²) in [6.45, 7) is 2.22. The lowest BCUT2D eigenvalue weighted by Gasteiger charge is -2.25. The molecule has 0 aliphatic carbocycles. The molecule has 2 aromatic carbocycles. The van der Waals surface area contributed by atoms with Gasteiger partial charge in [0, 0.05) is 24.5 Å². The van der Waals surface area contributed by atoms with Crippen LogP contribution in [0.1, 0.15) is 28.3 Å². The van der Waals surface area contributed by atoms with Gasteiger partial charge in [-0.15, -0.1) is 0 Å². The van der Waals surface area contributed by atoms with Crippen molar-refractivity contribution in [3.8, 4) is 0 Å². The summed E-state index contributed by atoms with van der Waals surface area (Å²) in [5, 5.41) is 10.9. The molecule has 1 aliphatic rings. The van der Waals surface area contributed by atoms with Crippen LogP contribution in [0.2, 0.25) is 0 Å². The second-order valence-electron chi connectivity index (χ2n) is 7.06. The molecule has 4 rings (SSSR count). The number of aryl methyl sites for hydroxylation is 1. The summed E-state index contributed by atoms with van der Waals surface area (Å²) in [6, 6.07) is 19.4. The average Bonchev–Trinajstić information content (AvgIpc) is 3.00. The largest absolute Gasteiger partial charge is 0.507 e. The van der Waals surface area contributed by atoms with E-state index in [1.54, 1.807) is 36.7 Å². The van der Waals surface area contributed by atoms with Crippen LogP contribution in [-0.4, -0.2) is 26.7 Å². The van der Waals surface area contributed by atoms with Crippen molar-refractivity contribution < 1.29 is 14.7 Å². The molecule has 1 N–H and O–H groups in total. The molecule has 0 saturated carbocycles. The van der Waals surface area contributed by atoms with Crippen molar-refractivity contribution in [2.75, 3.05) is 0 Å². The molecule has 5 heteroatoms. The number of Topliss-reactive ketones (excluding diaryl/α,β-unsaturated/α-hetero) is 1. The first-order valence-electron chi connectivity index (χ1n) is 9.35. The molecule has 1 fully saturated rings. The van der Waals surface area contributed by atoms with Crippen LogP contribution in [0.4, 0.5) is 0 Å². The number of pyridine rings is 1. The molecule has 1 atom stereocenters. The van der Waals surface area contributed by atoms with E-state index < -0.39 is 17.7 Å². The van der Waals surface area contributed by atoms with Crippen LogP contribution in [0.15, 0.2) is 84.7 Å². The SMILES string of the molecule is Cc1ccc([C@@H]2C(=C(O)c3ccccc3)C(=O)C(=O)N2Cc2ccncc2)cc1. The number of rotatable bonds is 4. The molecular formula is C24H20N2O3. The van der Waals surface area contributed by atoms with Gasteiger partial charge in [-0.3, -0.25) is 14.6 Å². The van der Waals surface area contributed by atoms with Gasteiger partial charge >= 0.3 is 0 Å². The lowest BCUT2D eigenvalue weighted by Crippen LogP contribution is -2.29. The van der Waals surface area contributed by atoms with Gasteiger partial charge in [-0.1, -0.05) is 60.2 Å². The minimum absolute atomic E-state index is 0.110. The van der Waals surface area contributed by atoms with Crippen LogP contribution in [0, 0.1) is 6.92 Å². The first kappa shape index (κ1) is 18.6. The third kappa shape index (κ3) is 3.55. The predicted molar refractivity (Wildman–Crippen MR) is 110 cm³/mol. The summed E-state index contributed by atoms with van der Waals surface area (Å²) in [5.74, 6) is -1.46. The zero-order chi connectivity index (χ0) is 20.4. The number of aliphatic hydroxyl groups is 1. The van der Waals surface area contributed by atoms with Crippen molar-refractivity contribution >= 4 is 17.4 Å². The smallest absolute Gasteiger partial charge is 0.295 e. The standard InChI is InChI=1S/C24H20N2O3/c1-16-7-9-18(10-8-16)21-20(22(27)19-5-3-2-4-6-19)23(28)24(29)26(21)15-17-11-13-25-14-12-17/h2-14,21,27H,15H2,1H3/t21-/m1/s1. The molecule has 144 valence electrons. The van der Waals surface area contributed by atoms with E-state index in [0.29, 0.717) is 5.56 Å². The van der Waals surface area contributed by atoms with Gasteiger partial charge in [0.1, 0.15) is 5.76 Å². The van der Waals surface area contributed by atoms with E-state index >= 15 is 0 Å². The lowest BCUT2D eigenvalue weighted by atomic mass is 9.94. The van der Waals surface area contributed by atoms with Crippen LogP contribution in [0.5, 0.6) is 0 Å². The fraction of sp³-hybridized carbons (Fsp3) is 0.125. The maximum absolute atomic E-state index is 12.9. The van der Waals surface area contributed by atoms with Gasteiger partial charge in [0.05, 0.1) is 11.6 Å². The summed E-state index contributed by atoms with van der Waals surface area (Å²) in [4.78, 5) is 31.4. The summed E-state index contributed by atoms with van der Waals surface area (Å²) >= 11 is 0. The van der Waals surface area contributed by atoms with Gasteiger partial charge in [0.25, 0.3) is 11.7 Å². The van der Waals surface area contributed by atoms with E-state index in [1.165, 1.54) is 4.90 Å². The fourth-order valence-corrected chi connectivity index (χ4v) is 3.57. The monoisotopic (exact) mass is 384 g/mol. The van der Waals surface area contributed by atoms with Crippen molar-refractivity contribution in [2.24, 2.45) is 0 Å². The summed E-state index contributed by atoms with van der Waals surface area (Å²) < 4.78 is 0. The van der Waals surface area contributed by atoms with Crippen molar-refractivity contribution in [2.45, 2.75) is 19.5 Å². The van der Waals surface area contributed by atoms with Crippen LogP contribution >= 0.6 is 0 Å². The number of aliphatic hydroxyl groups excluding tert-OH is 1. The molecule has 0 radical (unpaired) electrons. The van der Waals surface area contributed by atoms with Crippen LogP contribution < -0.4 is 0 Å². The maximum atomic E-state index is 12.9. The van der Waals surface area contributed by atoms with Crippen molar-refractivity contribution in [1.29, 1.82) is 0 Å². The third-order valence-electron chi connectivity index (χ3n) is 5.08. The topological polar surface area (TPSA) is 70.5 Å². The normalized spacial score (nSPS) is 18.2. The Bertz CT molecular complexity index is 1070. The highest BCUT2D eigenvalue weighted by molar-refractivity contribution is 6.46. The van der Waals surface area contributed by atoms with Gasteiger partial charge in [-0.05, 0) is 30.2 Å². The lowest BCUT2D eigenvalue weighted by molar-refractivity contribution is -0.140. The molecule has 0 spiro atoms. The number of hydrogen-bond donors (Lipinski definition) is 1. The first-order chi connectivity index (χ1) is 14.1. The van der Waals surface area contributed by atoms with Gasteiger partial charge in [0.15, 0.2) is 0 Å². The molecule has 1 amide bonds. The number of likely N-dealkylation sites (tertiary alicyclic amines) is 1. The molecule has 1 aromatic heterocycles. The highest BCUT2D eigenvalue weighted by Gasteiger charge is 2.45. The molecular weight excluding hydrogens is 364 g/mol. The van der Waals surface area contributed by atoms with Crippen LogP contribution in [0.25, 0.3) is 5.76 Å². The zero-order valence-electron chi connectivity index (χ0n) is 15.9. The molecule has 1 aliphatic heterocycles. The summed E-state index contributed by atoms with van der Waals surface area (Å²) in [7, 11) is 0. The number of aromatic nitrogens is 1. The molecule has 5 nitrogen and oxygen atoms in total. The second-order valence-corrected chi connectivity index (χ2v) is 7.06. The van der Waals surface area contributed by atoms with E-state index in [0.717, 1.165) is 16.7 Å². The quantitative estimate of drug-likeness (QED) is 0.419. The first-order valence-corrected chi connectivity index (χ1v) is 9.35. The Hall–Kier alpha value is -3.73. The van der Waals surface area contributed by atoms with Crippen molar-refractivity contribution in [1.82, 2.24) is 9.88 Å². The number of hydrogen-bond acceptors (Lipinski definition) is 4. The third-order valence-corrected chi connectivity index (χ3v) is 5.08. The van der Waals surface area contributed by atoms with Crippen LogP contribution in [-0.2, 0) is 16.1 Å². The number of carbonyl (C=O) groups excluding carboxylic acids is 2. The highest BCUT2D eigenvalue weighted by Crippen LogP contribution is 2.40. The van der Waals surface area contributed by atoms with Crippen molar-refractivity contribution in [3.05, 3.63) is 107 Å². The predicted octanol–water partition coefficient (Wildman–Crippen LogP) is 4.01. The Kier molecular flexibility index (Phi) is 4.96. The number of amides is 1. The van der Waals surface area contributed by atoms with E-state index in [4.69, 9.17) is 0 Å². The van der Waals surface area contributed by atoms with Crippen LogP contribution in [0.3, 0.4) is 0 Å². The van der Waals surface area contributed by atoms with Gasteiger partial charge in [-0.2, -0.15) is 0 Å². The number of benzene rings is 2. The average molecular weight is 384 g/mol. The maximum Gasteiger partial charge on any atom is 0.295 e. The molecule has 0 unspecified atom stereocenters. The van der Waals surface area contributed by atoms with Crippen molar-refractivity contribution in [3.63, 3.8) is 0 Å². The number of nitrogens with zero attached hydrogens (tertiary/aromatic N) is 2. The number of ketones is 1. The van der Waals surface area contributed by atoms with Gasteiger partial charge < -0.3 is 10.0 Å². The highest BCUT2D eigenvalue weighted by atomic mass is 16.3. The molecule has 0 bridgehead atoms. The molecule has 1 saturated heterocycles. The minimum Gasteiger partial charge on any atom is -0.507 e.